The molecular weight excluding hydrogens is 280 g/mol. The second kappa shape index (κ2) is 5.77. The number of nitrogens with one attached hydrogen (secondary N) is 1. The molecule has 2 atom stereocenters. The third kappa shape index (κ3) is 2.55. The number of para-hydroxylation sites is 1. The van der Waals surface area contributed by atoms with Crippen molar-refractivity contribution in [3.8, 4) is 0 Å². The first-order chi connectivity index (χ1) is 10.6. The lowest BCUT2D eigenvalue weighted by atomic mass is 10.0. The first kappa shape index (κ1) is 14.5. The third-order valence-electron chi connectivity index (χ3n) is 4.09. The molecular formula is C17H18N2O3. The van der Waals surface area contributed by atoms with E-state index in [1.165, 1.54) is 0 Å². The highest BCUT2D eigenvalue weighted by atomic mass is 16.4. The van der Waals surface area contributed by atoms with Gasteiger partial charge < -0.3 is 15.5 Å². The summed E-state index contributed by atoms with van der Waals surface area (Å²) in [5.74, 6) is -0.483. The maximum absolute atomic E-state index is 11.6. The number of fused-ring (bicyclic) bond motifs is 1. The summed E-state index contributed by atoms with van der Waals surface area (Å²) in [5.41, 5.74) is 1.69. The number of pyridine rings is 1. The van der Waals surface area contributed by atoms with Crippen molar-refractivity contribution >= 4 is 22.7 Å². The van der Waals surface area contributed by atoms with Crippen molar-refractivity contribution in [2.24, 2.45) is 5.92 Å². The lowest BCUT2D eigenvalue weighted by Crippen LogP contribution is -2.20. The van der Waals surface area contributed by atoms with E-state index in [0.717, 1.165) is 17.3 Å². The van der Waals surface area contributed by atoms with Crippen molar-refractivity contribution in [3.05, 3.63) is 47.5 Å². The molecule has 1 aliphatic carbocycles. The minimum Gasteiger partial charge on any atom is -0.478 e. The number of nitrogens with zero attached hydrogens (tertiary/aromatic N) is 1. The third-order valence-corrected chi connectivity index (χ3v) is 4.09. The lowest BCUT2D eigenvalue weighted by Gasteiger charge is -2.17. The predicted molar refractivity (Wildman–Crippen MR) is 85.2 cm³/mol. The largest absolute Gasteiger partial charge is 0.478 e. The zero-order chi connectivity index (χ0) is 15.7. The fraction of sp³-hybridized carbons (Fsp3) is 0.294. The van der Waals surface area contributed by atoms with E-state index in [9.17, 15) is 15.0 Å². The van der Waals surface area contributed by atoms with Gasteiger partial charge in [0.25, 0.3) is 0 Å². The number of benzene rings is 1. The number of aliphatic hydroxyl groups is 1. The smallest absolute Gasteiger partial charge is 0.339 e. The van der Waals surface area contributed by atoms with Crippen LogP contribution >= 0.6 is 0 Å². The average molecular weight is 298 g/mol. The summed E-state index contributed by atoms with van der Waals surface area (Å²) in [6, 6.07) is 7.51. The zero-order valence-corrected chi connectivity index (χ0v) is 12.3. The first-order valence-electron chi connectivity index (χ1n) is 7.28. The van der Waals surface area contributed by atoms with Gasteiger partial charge >= 0.3 is 5.97 Å². The standard InChI is InChI=1S/C17H18N2O3/c1-10-13-4-2-3-5-14(13)19-16(15(10)17(21)22)18-12-7-6-11(8-12)9-20/h2-7,11-12,20H,8-9H2,1H3,(H,18,19)(H,21,22)/t11-,12+/m0/s1. The topological polar surface area (TPSA) is 82.5 Å². The molecule has 0 bridgehead atoms. The fourth-order valence-corrected chi connectivity index (χ4v) is 2.94. The number of carboxylic acids is 1. The molecule has 0 amide bonds. The van der Waals surface area contributed by atoms with Crippen molar-refractivity contribution in [3.63, 3.8) is 0 Å². The second-order valence-corrected chi connectivity index (χ2v) is 5.60. The Morgan fingerprint density at radius 1 is 1.36 bits per heavy atom. The Balaban J connectivity index is 2.03. The predicted octanol–water partition coefficient (Wildman–Crippen LogP) is 2.59. The molecule has 1 aromatic heterocycles. The van der Waals surface area contributed by atoms with Crippen molar-refractivity contribution in [2.45, 2.75) is 19.4 Å². The molecule has 0 saturated heterocycles. The number of aromatic nitrogens is 1. The minimum atomic E-state index is -0.987. The van der Waals surface area contributed by atoms with Gasteiger partial charge in [-0.1, -0.05) is 30.4 Å². The number of aryl methyl sites for hydroxylation is 1. The van der Waals surface area contributed by atoms with Crippen LogP contribution in [0.4, 0.5) is 5.82 Å². The van der Waals surface area contributed by atoms with Gasteiger partial charge in [-0.2, -0.15) is 0 Å². The molecule has 0 saturated carbocycles. The summed E-state index contributed by atoms with van der Waals surface area (Å²) < 4.78 is 0. The molecule has 0 spiro atoms. The number of hydrogen-bond acceptors (Lipinski definition) is 4. The van der Waals surface area contributed by atoms with Gasteiger partial charge in [0.2, 0.25) is 0 Å². The molecule has 0 aliphatic heterocycles. The van der Waals surface area contributed by atoms with Crippen molar-refractivity contribution < 1.29 is 15.0 Å². The van der Waals surface area contributed by atoms with Gasteiger partial charge in [-0.3, -0.25) is 0 Å². The zero-order valence-electron chi connectivity index (χ0n) is 12.3. The molecule has 114 valence electrons. The number of hydrogen-bond donors (Lipinski definition) is 3. The summed E-state index contributed by atoms with van der Waals surface area (Å²) in [6.07, 6.45) is 4.65. The van der Waals surface area contributed by atoms with E-state index in [1.54, 1.807) is 6.92 Å². The van der Waals surface area contributed by atoms with Gasteiger partial charge in [0.1, 0.15) is 11.4 Å². The molecule has 3 N–H and O–H groups in total. The Bertz CT molecular complexity index is 755. The highest BCUT2D eigenvalue weighted by molar-refractivity contribution is 6.01. The van der Waals surface area contributed by atoms with Crippen LogP contribution in [0.2, 0.25) is 0 Å². The van der Waals surface area contributed by atoms with Gasteiger partial charge in [0.15, 0.2) is 0 Å². The van der Waals surface area contributed by atoms with E-state index in [-0.39, 0.29) is 24.1 Å². The van der Waals surface area contributed by atoms with E-state index in [0.29, 0.717) is 11.4 Å². The van der Waals surface area contributed by atoms with Crippen LogP contribution in [-0.2, 0) is 0 Å². The van der Waals surface area contributed by atoms with Gasteiger partial charge in [0.05, 0.1) is 5.52 Å². The van der Waals surface area contributed by atoms with Gasteiger partial charge in [-0.15, -0.1) is 0 Å². The van der Waals surface area contributed by atoms with Crippen molar-refractivity contribution in [1.29, 1.82) is 0 Å². The number of aliphatic hydroxyl groups excluding tert-OH is 1. The number of aromatic carboxylic acids is 1. The van der Waals surface area contributed by atoms with E-state index in [1.807, 2.05) is 36.4 Å². The molecule has 0 unspecified atom stereocenters. The summed E-state index contributed by atoms with van der Waals surface area (Å²) in [7, 11) is 0. The highest BCUT2D eigenvalue weighted by Crippen LogP contribution is 2.28. The minimum absolute atomic E-state index is 0.0108. The van der Waals surface area contributed by atoms with Crippen LogP contribution in [0.1, 0.15) is 22.3 Å². The normalized spacial score (nSPS) is 20.5. The Labute approximate surface area is 128 Å². The molecule has 22 heavy (non-hydrogen) atoms. The lowest BCUT2D eigenvalue weighted by molar-refractivity contribution is 0.0697. The average Bonchev–Trinajstić information content (AvgIpc) is 2.94. The molecule has 1 aromatic carbocycles. The summed E-state index contributed by atoms with van der Waals surface area (Å²) in [5, 5.41) is 22.8. The van der Waals surface area contributed by atoms with Crippen molar-refractivity contribution in [2.75, 3.05) is 11.9 Å². The molecule has 5 nitrogen and oxygen atoms in total. The Morgan fingerprint density at radius 2 is 2.14 bits per heavy atom. The summed E-state index contributed by atoms with van der Waals surface area (Å²) >= 11 is 0. The van der Waals surface area contributed by atoms with Crippen LogP contribution in [0.15, 0.2) is 36.4 Å². The Morgan fingerprint density at radius 3 is 2.82 bits per heavy atom. The fourth-order valence-electron chi connectivity index (χ4n) is 2.94. The van der Waals surface area contributed by atoms with Crippen LogP contribution in [0.3, 0.4) is 0 Å². The van der Waals surface area contributed by atoms with Crippen LogP contribution in [0.5, 0.6) is 0 Å². The number of carbonyl (C=O) groups is 1. The maximum atomic E-state index is 11.6. The molecule has 2 aromatic rings. The molecule has 3 rings (SSSR count). The molecule has 1 aliphatic rings. The Hall–Kier alpha value is -2.40. The van der Waals surface area contributed by atoms with Crippen LogP contribution in [0, 0.1) is 12.8 Å². The van der Waals surface area contributed by atoms with Gasteiger partial charge in [-0.25, -0.2) is 9.78 Å². The molecule has 0 radical (unpaired) electrons. The number of anilines is 1. The van der Waals surface area contributed by atoms with Gasteiger partial charge in [0, 0.05) is 24.0 Å². The monoisotopic (exact) mass is 298 g/mol. The summed E-state index contributed by atoms with van der Waals surface area (Å²) in [6.45, 7) is 1.91. The van der Waals surface area contributed by atoms with E-state index >= 15 is 0 Å². The van der Waals surface area contributed by atoms with Crippen LogP contribution in [-0.4, -0.2) is 33.8 Å². The van der Waals surface area contributed by atoms with Crippen molar-refractivity contribution in [1.82, 2.24) is 4.98 Å². The number of rotatable bonds is 4. The first-order valence-corrected chi connectivity index (χ1v) is 7.28. The Kier molecular flexibility index (Phi) is 3.81. The summed E-state index contributed by atoms with van der Waals surface area (Å²) in [4.78, 5) is 16.1. The van der Waals surface area contributed by atoms with E-state index in [2.05, 4.69) is 10.3 Å². The van der Waals surface area contributed by atoms with E-state index < -0.39 is 5.97 Å². The van der Waals surface area contributed by atoms with Gasteiger partial charge in [-0.05, 0) is 25.0 Å². The molecule has 1 heterocycles. The van der Waals surface area contributed by atoms with Crippen LogP contribution in [0.25, 0.3) is 10.9 Å². The molecule has 5 heteroatoms. The van der Waals surface area contributed by atoms with Crippen LogP contribution < -0.4 is 5.32 Å². The molecule has 0 fully saturated rings. The maximum Gasteiger partial charge on any atom is 0.339 e. The quantitative estimate of drug-likeness (QED) is 0.756. The number of carboxylic acid groups (broad SMARTS) is 1. The second-order valence-electron chi connectivity index (χ2n) is 5.60. The highest BCUT2D eigenvalue weighted by Gasteiger charge is 2.23. The SMILES string of the molecule is Cc1c(C(=O)O)c(N[C@@H]2C=C[C@H](CO)C2)nc2ccccc12. The van der Waals surface area contributed by atoms with E-state index in [4.69, 9.17) is 0 Å².